The molecule has 0 aromatic heterocycles. The summed E-state index contributed by atoms with van der Waals surface area (Å²) in [6.45, 7) is 2.13. The summed E-state index contributed by atoms with van der Waals surface area (Å²) in [5.41, 5.74) is 7.99. The fourth-order valence-corrected chi connectivity index (χ4v) is 6.35. The van der Waals surface area contributed by atoms with E-state index < -0.39 is 0 Å². The van der Waals surface area contributed by atoms with Crippen molar-refractivity contribution in [1.29, 1.82) is 0 Å². The number of nitrogens with zero attached hydrogens (tertiary/aromatic N) is 2. The monoisotopic (exact) mass is 576 g/mol. The van der Waals surface area contributed by atoms with Crippen LogP contribution >= 0.6 is 0 Å². The second-order valence-electron chi connectivity index (χ2n) is 11.6. The molecule has 0 aliphatic rings. The molecule has 0 fully saturated rings. The van der Waals surface area contributed by atoms with Crippen molar-refractivity contribution in [2.45, 2.75) is 6.92 Å². The van der Waals surface area contributed by atoms with Crippen LogP contribution in [-0.4, -0.2) is 0 Å². The molecule has 0 aliphatic heterocycles. The number of anilines is 6. The molecule has 2 nitrogen and oxygen atoms in total. The highest BCUT2D eigenvalue weighted by Crippen LogP contribution is 2.42. The number of benzene rings is 8. The first-order valence-electron chi connectivity index (χ1n) is 15.4. The summed E-state index contributed by atoms with van der Waals surface area (Å²) in [5, 5.41) is 7.36. The van der Waals surface area contributed by atoms with E-state index >= 15 is 0 Å². The van der Waals surface area contributed by atoms with Gasteiger partial charge in [0.2, 0.25) is 0 Å². The highest BCUT2D eigenvalue weighted by Gasteiger charge is 2.18. The Hall–Kier alpha value is -5.86. The van der Waals surface area contributed by atoms with Crippen molar-refractivity contribution in [1.82, 2.24) is 0 Å². The van der Waals surface area contributed by atoms with Crippen LogP contribution in [0.15, 0.2) is 176 Å². The molecule has 0 aliphatic carbocycles. The molecule has 2 heteroatoms. The Kier molecular flexibility index (Phi) is 6.73. The molecular formula is C43H32N2. The Morgan fingerprint density at radius 3 is 1.31 bits per heavy atom. The molecular weight excluding hydrogens is 544 g/mol. The van der Waals surface area contributed by atoms with Gasteiger partial charge in [0.25, 0.3) is 0 Å². The lowest BCUT2D eigenvalue weighted by molar-refractivity contribution is 1.26. The van der Waals surface area contributed by atoms with Gasteiger partial charge in [-0.25, -0.2) is 0 Å². The molecule has 0 saturated carbocycles. The Morgan fingerprint density at radius 2 is 0.733 bits per heavy atom. The maximum absolute atomic E-state index is 2.36. The highest BCUT2D eigenvalue weighted by atomic mass is 15.2. The first kappa shape index (κ1) is 26.7. The predicted molar refractivity (Wildman–Crippen MR) is 193 cm³/mol. The van der Waals surface area contributed by atoms with Crippen LogP contribution in [0.25, 0.3) is 32.3 Å². The molecule has 0 unspecified atom stereocenters. The maximum atomic E-state index is 2.36. The summed E-state index contributed by atoms with van der Waals surface area (Å²) in [5.74, 6) is 0. The smallest absolute Gasteiger partial charge is 0.0540 e. The van der Waals surface area contributed by atoms with Crippen LogP contribution in [0.3, 0.4) is 0 Å². The number of rotatable bonds is 6. The topological polar surface area (TPSA) is 6.48 Å². The van der Waals surface area contributed by atoms with Gasteiger partial charge in [-0.15, -0.1) is 0 Å². The summed E-state index contributed by atoms with van der Waals surface area (Å²) < 4.78 is 0. The summed E-state index contributed by atoms with van der Waals surface area (Å²) in [6.07, 6.45) is 0. The van der Waals surface area contributed by atoms with Gasteiger partial charge < -0.3 is 9.80 Å². The molecule has 214 valence electrons. The fourth-order valence-electron chi connectivity index (χ4n) is 6.35. The SMILES string of the molecule is Cc1ccc(N(c2ccc(N(c3ccc4ccccc4c3)c3ccc4ccccc4c3)cc2)c2cccc3ccccc23)cc1. The van der Waals surface area contributed by atoms with E-state index in [0.29, 0.717) is 0 Å². The van der Waals surface area contributed by atoms with E-state index in [4.69, 9.17) is 0 Å². The van der Waals surface area contributed by atoms with Gasteiger partial charge in [-0.1, -0.05) is 115 Å². The molecule has 8 rings (SSSR count). The first-order valence-corrected chi connectivity index (χ1v) is 15.4. The zero-order chi connectivity index (χ0) is 30.2. The van der Waals surface area contributed by atoms with Crippen LogP contribution in [0, 0.1) is 6.92 Å². The average Bonchev–Trinajstić information content (AvgIpc) is 3.10. The minimum atomic E-state index is 1.10. The Labute approximate surface area is 264 Å². The van der Waals surface area contributed by atoms with Gasteiger partial charge in [0.1, 0.15) is 0 Å². The van der Waals surface area contributed by atoms with Gasteiger partial charge in [0.05, 0.1) is 5.69 Å². The van der Waals surface area contributed by atoms with Crippen molar-refractivity contribution in [3.05, 3.63) is 181 Å². The molecule has 0 radical (unpaired) electrons. The lowest BCUT2D eigenvalue weighted by atomic mass is 10.1. The molecule has 0 spiro atoms. The molecule has 0 heterocycles. The quantitative estimate of drug-likeness (QED) is 0.194. The minimum Gasteiger partial charge on any atom is -0.310 e. The lowest BCUT2D eigenvalue weighted by Gasteiger charge is -2.29. The van der Waals surface area contributed by atoms with E-state index in [1.165, 1.54) is 37.9 Å². The van der Waals surface area contributed by atoms with E-state index in [1.54, 1.807) is 0 Å². The molecule has 0 atom stereocenters. The third-order valence-electron chi connectivity index (χ3n) is 8.65. The van der Waals surface area contributed by atoms with E-state index in [0.717, 1.165) is 34.1 Å². The third-order valence-corrected chi connectivity index (χ3v) is 8.65. The van der Waals surface area contributed by atoms with Gasteiger partial charge in [-0.2, -0.15) is 0 Å². The molecule has 8 aromatic rings. The zero-order valence-electron chi connectivity index (χ0n) is 25.1. The average molecular weight is 577 g/mol. The molecule has 8 aromatic carbocycles. The number of hydrogen-bond donors (Lipinski definition) is 0. The minimum absolute atomic E-state index is 1.10. The van der Waals surface area contributed by atoms with Crippen LogP contribution in [0.4, 0.5) is 34.1 Å². The molecule has 0 N–H and O–H groups in total. The largest absolute Gasteiger partial charge is 0.310 e. The maximum Gasteiger partial charge on any atom is 0.0540 e. The van der Waals surface area contributed by atoms with Gasteiger partial charge >= 0.3 is 0 Å². The summed E-state index contributed by atoms with van der Waals surface area (Å²) in [6, 6.07) is 63.5. The first-order chi connectivity index (χ1) is 22.2. The zero-order valence-corrected chi connectivity index (χ0v) is 25.1. The summed E-state index contributed by atoms with van der Waals surface area (Å²) in [7, 11) is 0. The van der Waals surface area contributed by atoms with Crippen molar-refractivity contribution in [2.24, 2.45) is 0 Å². The van der Waals surface area contributed by atoms with Crippen LogP contribution in [0.5, 0.6) is 0 Å². The molecule has 0 saturated heterocycles. The van der Waals surface area contributed by atoms with Crippen LogP contribution in [0.2, 0.25) is 0 Å². The molecule has 0 bridgehead atoms. The van der Waals surface area contributed by atoms with E-state index in [2.05, 4.69) is 193 Å². The van der Waals surface area contributed by atoms with Crippen molar-refractivity contribution >= 4 is 66.4 Å². The molecule has 45 heavy (non-hydrogen) atoms. The number of hydrogen-bond acceptors (Lipinski definition) is 2. The standard InChI is InChI=1S/C43H32N2/c1-31-17-21-38(22-18-31)45(43-16-8-14-34-11-6-7-15-42(34)43)39-27-25-37(26-28-39)44(40-23-19-32-9-2-4-12-35(32)29-40)41-24-20-33-10-3-5-13-36(33)30-41/h2-30H,1H3. The Balaban J connectivity index is 1.28. The van der Waals surface area contributed by atoms with Crippen molar-refractivity contribution < 1.29 is 0 Å². The van der Waals surface area contributed by atoms with Crippen LogP contribution < -0.4 is 9.80 Å². The van der Waals surface area contributed by atoms with Crippen molar-refractivity contribution in [3.8, 4) is 0 Å². The van der Waals surface area contributed by atoms with E-state index in [-0.39, 0.29) is 0 Å². The lowest BCUT2D eigenvalue weighted by Crippen LogP contribution is -2.12. The summed E-state index contributed by atoms with van der Waals surface area (Å²) >= 11 is 0. The van der Waals surface area contributed by atoms with E-state index in [1.807, 2.05) is 0 Å². The van der Waals surface area contributed by atoms with Crippen molar-refractivity contribution in [2.75, 3.05) is 9.80 Å². The molecule has 0 amide bonds. The van der Waals surface area contributed by atoms with Gasteiger partial charge in [-0.05, 0) is 101 Å². The second-order valence-corrected chi connectivity index (χ2v) is 11.6. The third kappa shape index (κ3) is 5.07. The Bertz CT molecular complexity index is 2200. The highest BCUT2D eigenvalue weighted by molar-refractivity contribution is 5.99. The fraction of sp³-hybridized carbons (Fsp3) is 0.0233. The summed E-state index contributed by atoms with van der Waals surface area (Å²) in [4.78, 5) is 4.72. The van der Waals surface area contributed by atoms with Gasteiger partial charge in [-0.3, -0.25) is 0 Å². The second kappa shape index (κ2) is 11.3. The number of fused-ring (bicyclic) bond motifs is 3. The van der Waals surface area contributed by atoms with Crippen molar-refractivity contribution in [3.63, 3.8) is 0 Å². The van der Waals surface area contributed by atoms with E-state index in [9.17, 15) is 0 Å². The van der Waals surface area contributed by atoms with Gasteiger partial charge in [0.15, 0.2) is 0 Å². The number of aryl methyl sites for hydroxylation is 1. The normalized spacial score (nSPS) is 11.2. The Morgan fingerprint density at radius 1 is 0.311 bits per heavy atom. The van der Waals surface area contributed by atoms with Gasteiger partial charge in [0, 0.05) is 33.8 Å². The van der Waals surface area contributed by atoms with Crippen LogP contribution in [-0.2, 0) is 0 Å². The predicted octanol–water partition coefficient (Wildman–Crippen LogP) is 12.4. The van der Waals surface area contributed by atoms with Crippen LogP contribution in [0.1, 0.15) is 5.56 Å².